The van der Waals surface area contributed by atoms with Gasteiger partial charge in [0.1, 0.15) is 0 Å². The maximum atomic E-state index is 5.42. The summed E-state index contributed by atoms with van der Waals surface area (Å²) in [6, 6.07) is 1.93. The summed E-state index contributed by atoms with van der Waals surface area (Å²) in [5.41, 5.74) is 7.25. The van der Waals surface area contributed by atoms with E-state index in [2.05, 4.69) is 15.2 Å². The predicted octanol–water partition coefficient (Wildman–Crippen LogP) is 1.26. The van der Waals surface area contributed by atoms with Gasteiger partial charge in [0.25, 0.3) is 0 Å². The highest BCUT2D eigenvalue weighted by atomic mass is 35.5. The molecule has 2 rings (SSSR count). The van der Waals surface area contributed by atoms with E-state index < -0.39 is 0 Å². The van der Waals surface area contributed by atoms with Crippen molar-refractivity contribution in [3.8, 4) is 0 Å². The summed E-state index contributed by atoms with van der Waals surface area (Å²) in [6.07, 6.45) is 3.50. The first-order valence-electron chi connectivity index (χ1n) is 3.38. The molecule has 6 heteroatoms. The second kappa shape index (κ2) is 5.01. The Morgan fingerprint density at radius 2 is 2.08 bits per heavy atom. The molecule has 13 heavy (non-hydrogen) atoms. The molecule has 0 saturated heterocycles. The molecule has 0 aliphatic carbocycles. The molecule has 2 aromatic rings. The van der Waals surface area contributed by atoms with Crippen LogP contribution in [0.15, 0.2) is 18.5 Å². The monoisotopic (exact) mass is 220 g/mol. The van der Waals surface area contributed by atoms with E-state index in [-0.39, 0.29) is 24.8 Å². The van der Waals surface area contributed by atoms with Crippen LogP contribution in [0.1, 0.15) is 5.69 Å². The minimum Gasteiger partial charge on any atom is -0.325 e. The van der Waals surface area contributed by atoms with Gasteiger partial charge in [-0.15, -0.1) is 24.8 Å². The normalized spacial score (nSPS) is 9.00. The van der Waals surface area contributed by atoms with Gasteiger partial charge in [-0.1, -0.05) is 0 Å². The molecule has 0 aliphatic heterocycles. The van der Waals surface area contributed by atoms with Gasteiger partial charge in [-0.05, 0) is 6.07 Å². The molecule has 0 aliphatic rings. The summed E-state index contributed by atoms with van der Waals surface area (Å²) < 4.78 is 0. The maximum absolute atomic E-state index is 5.42. The quantitative estimate of drug-likeness (QED) is 0.761. The van der Waals surface area contributed by atoms with E-state index in [0.717, 1.165) is 16.6 Å². The van der Waals surface area contributed by atoms with Crippen LogP contribution in [0.4, 0.5) is 0 Å². The number of fused-ring (bicyclic) bond motifs is 1. The molecule has 0 fully saturated rings. The third-order valence-corrected chi connectivity index (χ3v) is 1.59. The zero-order valence-electron chi connectivity index (χ0n) is 6.73. The standard InChI is InChI=1S/C7H8N4.2ClH/c8-2-6-1-5-3-10-11-7(5)4-9-6;;/h1,3-4H,2,8H2,(H,10,11);2*1H. The largest absolute Gasteiger partial charge is 0.325 e. The number of aromatic nitrogens is 3. The zero-order chi connectivity index (χ0) is 7.68. The molecular formula is C7H10Cl2N4. The molecule has 2 heterocycles. The Labute approximate surface area is 87.7 Å². The first kappa shape index (κ1) is 12.2. The molecule has 4 nitrogen and oxygen atoms in total. The number of halogens is 2. The molecule has 0 unspecified atom stereocenters. The lowest BCUT2D eigenvalue weighted by molar-refractivity contribution is 0.996. The average molecular weight is 221 g/mol. The number of nitrogens with two attached hydrogens (primary N) is 1. The number of nitrogens with one attached hydrogen (secondary N) is 1. The Bertz CT molecular complexity index is 373. The second-order valence-corrected chi connectivity index (χ2v) is 2.34. The fourth-order valence-electron chi connectivity index (χ4n) is 1.000. The van der Waals surface area contributed by atoms with Crippen molar-refractivity contribution in [2.45, 2.75) is 6.54 Å². The Morgan fingerprint density at radius 3 is 2.77 bits per heavy atom. The Morgan fingerprint density at radius 1 is 1.31 bits per heavy atom. The molecule has 3 N–H and O–H groups in total. The molecule has 72 valence electrons. The Balaban J connectivity index is 0.000000720. The van der Waals surface area contributed by atoms with Crippen LogP contribution in [-0.4, -0.2) is 15.2 Å². The average Bonchev–Trinajstić information content (AvgIpc) is 2.50. The smallest absolute Gasteiger partial charge is 0.0833 e. The van der Waals surface area contributed by atoms with Gasteiger partial charge in [0.2, 0.25) is 0 Å². The van der Waals surface area contributed by atoms with Crippen LogP contribution in [0.25, 0.3) is 10.9 Å². The highest BCUT2D eigenvalue weighted by Crippen LogP contribution is 2.08. The van der Waals surface area contributed by atoms with Gasteiger partial charge in [-0.2, -0.15) is 5.10 Å². The molecule has 0 radical (unpaired) electrons. The van der Waals surface area contributed by atoms with E-state index in [0.29, 0.717) is 6.54 Å². The number of hydrogen-bond donors (Lipinski definition) is 2. The van der Waals surface area contributed by atoms with Crippen LogP contribution in [-0.2, 0) is 6.54 Å². The molecular weight excluding hydrogens is 211 g/mol. The summed E-state index contributed by atoms with van der Waals surface area (Å²) in [5.74, 6) is 0. The topological polar surface area (TPSA) is 67.6 Å². The van der Waals surface area contributed by atoms with Crippen LogP contribution in [0.3, 0.4) is 0 Å². The van der Waals surface area contributed by atoms with E-state index >= 15 is 0 Å². The summed E-state index contributed by atoms with van der Waals surface area (Å²) in [7, 11) is 0. The van der Waals surface area contributed by atoms with Crippen molar-refractivity contribution in [2.75, 3.05) is 0 Å². The van der Waals surface area contributed by atoms with Gasteiger partial charge >= 0.3 is 0 Å². The predicted molar refractivity (Wildman–Crippen MR) is 56.3 cm³/mol. The SMILES string of the molecule is Cl.Cl.NCc1cc2cn[nH]c2cn1. The first-order chi connectivity index (χ1) is 5.40. The van der Waals surface area contributed by atoms with E-state index in [1.54, 1.807) is 12.4 Å². The first-order valence-corrected chi connectivity index (χ1v) is 3.38. The Kier molecular flexibility index (Phi) is 4.69. The van der Waals surface area contributed by atoms with Crippen molar-refractivity contribution in [1.29, 1.82) is 0 Å². The highest BCUT2D eigenvalue weighted by molar-refractivity contribution is 5.85. The van der Waals surface area contributed by atoms with E-state index in [1.807, 2.05) is 6.07 Å². The summed E-state index contributed by atoms with van der Waals surface area (Å²) in [5, 5.41) is 7.74. The summed E-state index contributed by atoms with van der Waals surface area (Å²) in [6.45, 7) is 0.473. The van der Waals surface area contributed by atoms with Gasteiger partial charge in [-0.25, -0.2) is 0 Å². The van der Waals surface area contributed by atoms with Gasteiger partial charge in [0.15, 0.2) is 0 Å². The lowest BCUT2D eigenvalue weighted by Gasteiger charge is -1.93. The van der Waals surface area contributed by atoms with Crippen molar-refractivity contribution < 1.29 is 0 Å². The van der Waals surface area contributed by atoms with Crippen molar-refractivity contribution in [3.63, 3.8) is 0 Å². The van der Waals surface area contributed by atoms with Crippen LogP contribution in [0.2, 0.25) is 0 Å². The fourth-order valence-corrected chi connectivity index (χ4v) is 1.000. The molecule has 0 amide bonds. The van der Waals surface area contributed by atoms with Gasteiger partial charge in [0.05, 0.1) is 23.6 Å². The third-order valence-electron chi connectivity index (χ3n) is 1.59. The van der Waals surface area contributed by atoms with E-state index in [9.17, 15) is 0 Å². The molecule has 0 atom stereocenters. The van der Waals surface area contributed by atoms with Crippen LogP contribution >= 0.6 is 24.8 Å². The van der Waals surface area contributed by atoms with E-state index in [4.69, 9.17) is 5.73 Å². The number of H-pyrrole nitrogens is 1. The Hall–Kier alpha value is -0.840. The number of pyridine rings is 1. The molecule has 0 aromatic carbocycles. The van der Waals surface area contributed by atoms with Crippen molar-refractivity contribution in [3.05, 3.63) is 24.2 Å². The van der Waals surface area contributed by atoms with Gasteiger partial charge in [-0.3, -0.25) is 10.1 Å². The summed E-state index contributed by atoms with van der Waals surface area (Å²) >= 11 is 0. The maximum Gasteiger partial charge on any atom is 0.0833 e. The number of aromatic amines is 1. The minimum atomic E-state index is 0. The molecule has 0 saturated carbocycles. The van der Waals surface area contributed by atoms with Crippen LogP contribution in [0, 0.1) is 0 Å². The second-order valence-electron chi connectivity index (χ2n) is 2.34. The van der Waals surface area contributed by atoms with Gasteiger partial charge < -0.3 is 5.73 Å². The lowest BCUT2D eigenvalue weighted by Crippen LogP contribution is -1.98. The lowest BCUT2D eigenvalue weighted by atomic mass is 10.3. The number of rotatable bonds is 1. The van der Waals surface area contributed by atoms with Gasteiger partial charge in [0, 0.05) is 11.9 Å². The fraction of sp³-hybridized carbons (Fsp3) is 0.143. The van der Waals surface area contributed by atoms with Crippen molar-refractivity contribution >= 4 is 35.7 Å². The van der Waals surface area contributed by atoms with Crippen LogP contribution in [0.5, 0.6) is 0 Å². The zero-order valence-corrected chi connectivity index (χ0v) is 8.36. The number of hydrogen-bond acceptors (Lipinski definition) is 3. The molecule has 2 aromatic heterocycles. The summed E-state index contributed by atoms with van der Waals surface area (Å²) in [4.78, 5) is 4.10. The molecule has 0 spiro atoms. The number of nitrogens with zero attached hydrogens (tertiary/aromatic N) is 2. The molecule has 0 bridgehead atoms. The van der Waals surface area contributed by atoms with Crippen LogP contribution < -0.4 is 5.73 Å². The minimum absolute atomic E-state index is 0. The third kappa shape index (κ3) is 2.30. The van der Waals surface area contributed by atoms with E-state index in [1.165, 1.54) is 0 Å². The highest BCUT2D eigenvalue weighted by Gasteiger charge is 1.96. The van der Waals surface area contributed by atoms with Crippen molar-refractivity contribution in [1.82, 2.24) is 15.2 Å². The van der Waals surface area contributed by atoms with Crippen molar-refractivity contribution in [2.24, 2.45) is 5.73 Å².